The molecule has 1 N–H and O–H groups in total. The lowest BCUT2D eigenvalue weighted by atomic mass is 10.1. The SMILES string of the molecule is CC[C@H](C(=O)N[C@@H](C)c1ccc(S(C)(=O)=O)cc1)N(c1ccc(F)c(Cl)c1)S(C)(=O)=O. The maximum Gasteiger partial charge on any atom is 0.244 e. The van der Waals surface area contributed by atoms with Crippen LogP contribution in [0.2, 0.25) is 5.02 Å². The number of amides is 1. The second-order valence-corrected chi connectivity index (χ2v) is 11.4. The van der Waals surface area contributed by atoms with Crippen molar-refractivity contribution in [3.8, 4) is 0 Å². The van der Waals surface area contributed by atoms with Crippen LogP contribution in [0, 0.1) is 5.82 Å². The van der Waals surface area contributed by atoms with Crippen LogP contribution in [0.5, 0.6) is 0 Å². The highest BCUT2D eigenvalue weighted by molar-refractivity contribution is 7.92. The molecule has 0 aliphatic carbocycles. The fourth-order valence-electron chi connectivity index (χ4n) is 3.08. The van der Waals surface area contributed by atoms with Gasteiger partial charge in [-0.2, -0.15) is 0 Å². The summed E-state index contributed by atoms with van der Waals surface area (Å²) in [5.74, 6) is -1.27. The third-order valence-electron chi connectivity index (χ3n) is 4.65. The van der Waals surface area contributed by atoms with Crippen LogP contribution in [0.4, 0.5) is 10.1 Å². The molecule has 0 saturated heterocycles. The number of carbonyl (C=O) groups is 1. The summed E-state index contributed by atoms with van der Waals surface area (Å²) in [4.78, 5) is 13.1. The van der Waals surface area contributed by atoms with E-state index in [0.717, 1.165) is 28.9 Å². The van der Waals surface area contributed by atoms with Gasteiger partial charge in [-0.3, -0.25) is 9.10 Å². The van der Waals surface area contributed by atoms with E-state index in [1.54, 1.807) is 26.0 Å². The Balaban J connectivity index is 2.32. The number of halogens is 2. The molecule has 0 aromatic heterocycles. The predicted molar refractivity (Wildman–Crippen MR) is 119 cm³/mol. The number of anilines is 1. The Hall–Kier alpha value is -2.17. The van der Waals surface area contributed by atoms with E-state index in [-0.39, 0.29) is 22.0 Å². The first-order valence-electron chi connectivity index (χ1n) is 9.30. The van der Waals surface area contributed by atoms with Crippen molar-refractivity contribution in [2.75, 3.05) is 16.8 Å². The number of hydrogen-bond donors (Lipinski definition) is 1. The van der Waals surface area contributed by atoms with Crippen LogP contribution < -0.4 is 9.62 Å². The largest absolute Gasteiger partial charge is 0.348 e. The van der Waals surface area contributed by atoms with E-state index in [9.17, 15) is 26.0 Å². The molecule has 11 heteroatoms. The molecule has 2 aromatic rings. The van der Waals surface area contributed by atoms with E-state index in [1.165, 1.54) is 18.2 Å². The molecular formula is C20H24ClFN2O5S2. The van der Waals surface area contributed by atoms with Crippen molar-refractivity contribution < 1.29 is 26.0 Å². The molecule has 0 bridgehead atoms. The topological polar surface area (TPSA) is 101 Å². The first-order chi connectivity index (χ1) is 14.3. The van der Waals surface area contributed by atoms with E-state index < -0.39 is 43.7 Å². The van der Waals surface area contributed by atoms with Gasteiger partial charge in [-0.25, -0.2) is 21.2 Å². The fraction of sp³-hybridized carbons (Fsp3) is 0.350. The molecule has 31 heavy (non-hydrogen) atoms. The molecule has 7 nitrogen and oxygen atoms in total. The quantitative estimate of drug-likeness (QED) is 0.611. The average molecular weight is 491 g/mol. The number of benzene rings is 2. The number of rotatable bonds is 8. The van der Waals surface area contributed by atoms with Gasteiger partial charge in [-0.15, -0.1) is 0 Å². The van der Waals surface area contributed by atoms with Crippen LogP contribution in [-0.4, -0.2) is 41.3 Å². The van der Waals surface area contributed by atoms with Crippen molar-refractivity contribution in [2.24, 2.45) is 0 Å². The highest BCUT2D eigenvalue weighted by atomic mass is 35.5. The van der Waals surface area contributed by atoms with E-state index in [1.807, 2.05) is 0 Å². The van der Waals surface area contributed by atoms with Crippen molar-refractivity contribution in [3.05, 3.63) is 58.9 Å². The van der Waals surface area contributed by atoms with Crippen LogP contribution in [-0.2, 0) is 24.7 Å². The van der Waals surface area contributed by atoms with Gasteiger partial charge in [0.25, 0.3) is 0 Å². The molecule has 0 radical (unpaired) electrons. The minimum absolute atomic E-state index is 0.0704. The number of hydrogen-bond acceptors (Lipinski definition) is 5. The van der Waals surface area contributed by atoms with Crippen LogP contribution in [0.3, 0.4) is 0 Å². The normalized spacial score (nSPS) is 14.0. The van der Waals surface area contributed by atoms with Crippen LogP contribution in [0.15, 0.2) is 47.4 Å². The minimum atomic E-state index is -3.90. The summed E-state index contributed by atoms with van der Waals surface area (Å²) < 4.78 is 62.6. The third kappa shape index (κ3) is 6.18. The van der Waals surface area contributed by atoms with Gasteiger partial charge in [-0.1, -0.05) is 30.7 Å². The van der Waals surface area contributed by atoms with Gasteiger partial charge >= 0.3 is 0 Å². The average Bonchev–Trinajstić information content (AvgIpc) is 2.66. The summed E-state index contributed by atoms with van der Waals surface area (Å²) >= 11 is 5.80. The number of sulfonamides is 1. The summed E-state index contributed by atoms with van der Waals surface area (Å²) in [6.45, 7) is 3.35. The van der Waals surface area contributed by atoms with Gasteiger partial charge in [0.15, 0.2) is 9.84 Å². The second-order valence-electron chi connectivity index (χ2n) is 7.15. The maximum absolute atomic E-state index is 13.5. The van der Waals surface area contributed by atoms with Gasteiger partial charge in [0.05, 0.1) is 27.9 Å². The third-order valence-corrected chi connectivity index (χ3v) is 7.25. The van der Waals surface area contributed by atoms with Crippen LogP contribution in [0.25, 0.3) is 0 Å². The molecule has 0 spiro atoms. The molecule has 0 heterocycles. The zero-order chi connectivity index (χ0) is 23.6. The lowest BCUT2D eigenvalue weighted by Crippen LogP contribution is -2.49. The molecule has 170 valence electrons. The first-order valence-corrected chi connectivity index (χ1v) is 13.4. The van der Waals surface area contributed by atoms with Gasteiger partial charge in [0.2, 0.25) is 15.9 Å². The first kappa shape index (κ1) is 25.1. The number of nitrogens with zero attached hydrogens (tertiary/aromatic N) is 1. The monoisotopic (exact) mass is 490 g/mol. The Labute approximate surface area is 187 Å². The molecule has 0 unspecified atom stereocenters. The molecule has 0 saturated carbocycles. The van der Waals surface area contributed by atoms with E-state index in [2.05, 4.69) is 5.32 Å². The van der Waals surface area contributed by atoms with Crippen molar-refractivity contribution in [1.82, 2.24) is 5.32 Å². The van der Waals surface area contributed by atoms with Crippen LogP contribution >= 0.6 is 11.6 Å². The van der Waals surface area contributed by atoms with Crippen molar-refractivity contribution in [2.45, 2.75) is 37.2 Å². The van der Waals surface area contributed by atoms with Gasteiger partial charge in [0, 0.05) is 6.26 Å². The lowest BCUT2D eigenvalue weighted by molar-refractivity contribution is -0.122. The summed E-state index contributed by atoms with van der Waals surface area (Å²) in [5, 5.41) is 2.49. The fourth-order valence-corrected chi connectivity index (χ4v) is 5.09. The summed E-state index contributed by atoms with van der Waals surface area (Å²) in [6.07, 6.45) is 2.20. The molecule has 2 aromatic carbocycles. The van der Waals surface area contributed by atoms with Crippen molar-refractivity contribution >= 4 is 43.1 Å². The molecule has 2 rings (SSSR count). The van der Waals surface area contributed by atoms with Gasteiger partial charge in [-0.05, 0) is 49.2 Å². The zero-order valence-corrected chi connectivity index (χ0v) is 19.9. The van der Waals surface area contributed by atoms with E-state index >= 15 is 0 Å². The van der Waals surface area contributed by atoms with Gasteiger partial charge < -0.3 is 5.32 Å². The molecule has 0 fully saturated rings. The zero-order valence-electron chi connectivity index (χ0n) is 17.5. The lowest BCUT2D eigenvalue weighted by Gasteiger charge is -2.31. The Morgan fingerprint density at radius 2 is 1.68 bits per heavy atom. The van der Waals surface area contributed by atoms with Gasteiger partial charge in [0.1, 0.15) is 11.9 Å². The number of carbonyl (C=O) groups excluding carboxylic acids is 1. The van der Waals surface area contributed by atoms with E-state index in [4.69, 9.17) is 11.6 Å². The Bertz CT molecular complexity index is 1170. The summed E-state index contributed by atoms with van der Waals surface area (Å²) in [5.41, 5.74) is 0.715. The summed E-state index contributed by atoms with van der Waals surface area (Å²) in [6, 6.07) is 7.84. The van der Waals surface area contributed by atoms with Crippen molar-refractivity contribution in [3.63, 3.8) is 0 Å². The molecule has 0 aliphatic rings. The smallest absolute Gasteiger partial charge is 0.244 e. The Kier molecular flexibility index (Phi) is 7.72. The van der Waals surface area contributed by atoms with Crippen LogP contribution in [0.1, 0.15) is 31.9 Å². The molecule has 2 atom stereocenters. The highest BCUT2D eigenvalue weighted by Gasteiger charge is 2.32. The van der Waals surface area contributed by atoms with Crippen molar-refractivity contribution in [1.29, 1.82) is 0 Å². The maximum atomic E-state index is 13.5. The molecule has 0 aliphatic heterocycles. The number of nitrogens with one attached hydrogen (secondary N) is 1. The number of sulfone groups is 1. The second kappa shape index (κ2) is 9.54. The molecule has 1 amide bonds. The van der Waals surface area contributed by atoms with E-state index in [0.29, 0.717) is 5.56 Å². The summed E-state index contributed by atoms with van der Waals surface area (Å²) in [7, 11) is -7.25. The predicted octanol–water partition coefficient (Wildman–Crippen LogP) is 3.30. The Morgan fingerprint density at radius 1 is 1.10 bits per heavy atom. The molecular weight excluding hydrogens is 467 g/mol. The minimum Gasteiger partial charge on any atom is -0.348 e. The highest BCUT2D eigenvalue weighted by Crippen LogP contribution is 2.27. The standard InChI is InChI=1S/C20H24ClFN2O5S2/c1-5-19(24(31(4,28)29)15-8-11-18(22)17(21)12-15)20(25)23-13(2)14-6-9-16(10-7-14)30(3,26)27/h6-13,19H,5H2,1-4H3,(H,23,25)/t13-,19+/m0/s1. The Morgan fingerprint density at radius 3 is 2.13 bits per heavy atom.